The fourth-order valence-corrected chi connectivity index (χ4v) is 5.04. The number of carbonyl (C=O) groups is 2. The summed E-state index contributed by atoms with van der Waals surface area (Å²) in [7, 11) is 0. The zero-order chi connectivity index (χ0) is 21.3. The van der Waals surface area contributed by atoms with E-state index in [1.54, 1.807) is 35.2 Å². The molecule has 2 amide bonds. The van der Waals surface area contributed by atoms with Crippen LogP contribution in [0.1, 0.15) is 60.3 Å². The number of fused-ring (bicyclic) bond motifs is 1. The van der Waals surface area contributed by atoms with Crippen LogP contribution < -0.4 is 16.2 Å². The minimum absolute atomic E-state index is 0.0561. The molecule has 0 bridgehead atoms. The fourth-order valence-electron chi connectivity index (χ4n) is 4.00. The van der Waals surface area contributed by atoms with E-state index in [2.05, 4.69) is 15.6 Å². The second-order valence-electron chi connectivity index (χ2n) is 7.70. The lowest BCUT2D eigenvalue weighted by atomic mass is 9.95. The summed E-state index contributed by atoms with van der Waals surface area (Å²) in [6.07, 6.45) is 7.11. The number of carbonyl (C=O) groups excluding carboxylic acids is 2. The van der Waals surface area contributed by atoms with Crippen LogP contribution in [0.5, 0.6) is 0 Å². The summed E-state index contributed by atoms with van der Waals surface area (Å²) in [6, 6.07) is 7.08. The molecule has 8 heteroatoms. The monoisotopic (exact) mass is 424 g/mol. The lowest BCUT2D eigenvalue weighted by Crippen LogP contribution is -2.26. The molecule has 1 aliphatic rings. The van der Waals surface area contributed by atoms with Crippen LogP contribution >= 0.6 is 11.3 Å². The van der Waals surface area contributed by atoms with Crippen molar-refractivity contribution in [1.29, 1.82) is 0 Å². The molecule has 0 radical (unpaired) electrons. The van der Waals surface area contributed by atoms with Crippen molar-refractivity contribution in [3.63, 3.8) is 0 Å². The third-order valence-corrected chi connectivity index (χ3v) is 6.71. The van der Waals surface area contributed by atoms with Crippen LogP contribution in [0.3, 0.4) is 0 Å². The molecule has 1 saturated carbocycles. The van der Waals surface area contributed by atoms with Gasteiger partial charge in [0, 0.05) is 24.3 Å². The van der Waals surface area contributed by atoms with Crippen LogP contribution in [0, 0.1) is 6.92 Å². The zero-order valence-corrected chi connectivity index (χ0v) is 17.8. The molecule has 2 heterocycles. The van der Waals surface area contributed by atoms with Gasteiger partial charge < -0.3 is 10.6 Å². The minimum Gasteiger partial charge on any atom is -0.326 e. The largest absolute Gasteiger partial charge is 0.326 e. The smallest absolute Gasteiger partial charge is 0.266 e. The molecule has 0 atom stereocenters. The van der Waals surface area contributed by atoms with Gasteiger partial charge in [0.15, 0.2) is 0 Å². The van der Waals surface area contributed by atoms with Gasteiger partial charge in [-0.3, -0.25) is 19.0 Å². The lowest BCUT2D eigenvalue weighted by molar-refractivity contribution is -0.114. The third kappa shape index (κ3) is 4.00. The Kier molecular flexibility index (Phi) is 5.67. The Labute approximate surface area is 178 Å². The van der Waals surface area contributed by atoms with E-state index in [1.807, 2.05) is 6.92 Å². The van der Waals surface area contributed by atoms with Gasteiger partial charge >= 0.3 is 0 Å². The number of hydrogen-bond acceptors (Lipinski definition) is 5. The molecule has 0 aliphatic heterocycles. The molecular formula is C22H24N4O3S. The first-order chi connectivity index (χ1) is 14.4. The summed E-state index contributed by atoms with van der Waals surface area (Å²) >= 11 is 1.24. The van der Waals surface area contributed by atoms with E-state index in [1.165, 1.54) is 24.7 Å². The molecule has 1 fully saturated rings. The molecule has 156 valence electrons. The first-order valence-corrected chi connectivity index (χ1v) is 10.9. The number of aryl methyl sites for hydroxylation is 1. The summed E-state index contributed by atoms with van der Waals surface area (Å²) in [5.74, 6) is -0.425. The summed E-state index contributed by atoms with van der Waals surface area (Å²) in [4.78, 5) is 42.7. The Bertz CT molecular complexity index is 1160. The van der Waals surface area contributed by atoms with Crippen molar-refractivity contribution in [2.75, 3.05) is 10.6 Å². The SMILES string of the molecule is CC(=O)Nc1ccc(NC(=O)c2sc3ncn(C4CCCCC4)c(=O)c3c2C)cc1. The van der Waals surface area contributed by atoms with Crippen LogP contribution in [0.25, 0.3) is 10.2 Å². The Morgan fingerprint density at radius 3 is 2.33 bits per heavy atom. The van der Waals surface area contributed by atoms with Crippen molar-refractivity contribution >= 4 is 44.7 Å². The number of nitrogens with zero attached hydrogens (tertiary/aromatic N) is 2. The highest BCUT2D eigenvalue weighted by Crippen LogP contribution is 2.30. The number of thiophene rings is 1. The maximum atomic E-state index is 13.1. The average molecular weight is 425 g/mol. The molecule has 2 aromatic heterocycles. The van der Waals surface area contributed by atoms with Gasteiger partial charge in [-0.15, -0.1) is 11.3 Å². The molecule has 4 rings (SSSR count). The van der Waals surface area contributed by atoms with Crippen LogP contribution in [0.4, 0.5) is 11.4 Å². The predicted octanol–water partition coefficient (Wildman–Crippen LogP) is 4.48. The maximum Gasteiger partial charge on any atom is 0.266 e. The molecule has 1 aliphatic carbocycles. The number of nitrogens with one attached hydrogen (secondary N) is 2. The number of hydrogen-bond donors (Lipinski definition) is 2. The second kappa shape index (κ2) is 8.39. The van der Waals surface area contributed by atoms with E-state index < -0.39 is 0 Å². The van der Waals surface area contributed by atoms with E-state index in [9.17, 15) is 14.4 Å². The molecular weight excluding hydrogens is 400 g/mol. The van der Waals surface area contributed by atoms with Crippen LogP contribution in [0.2, 0.25) is 0 Å². The van der Waals surface area contributed by atoms with Crippen molar-refractivity contribution in [3.05, 3.63) is 51.4 Å². The highest BCUT2D eigenvalue weighted by molar-refractivity contribution is 7.20. The fraction of sp³-hybridized carbons (Fsp3) is 0.364. The molecule has 7 nitrogen and oxygen atoms in total. The first kappa shape index (κ1) is 20.3. The molecule has 3 aromatic rings. The minimum atomic E-state index is -0.272. The number of amides is 2. The van der Waals surface area contributed by atoms with Crippen molar-refractivity contribution in [2.24, 2.45) is 0 Å². The predicted molar refractivity (Wildman–Crippen MR) is 119 cm³/mol. The van der Waals surface area contributed by atoms with E-state index in [4.69, 9.17) is 0 Å². The molecule has 30 heavy (non-hydrogen) atoms. The van der Waals surface area contributed by atoms with Crippen molar-refractivity contribution in [1.82, 2.24) is 9.55 Å². The number of rotatable bonds is 4. The highest BCUT2D eigenvalue weighted by Gasteiger charge is 2.22. The van der Waals surface area contributed by atoms with Gasteiger partial charge in [-0.1, -0.05) is 19.3 Å². The van der Waals surface area contributed by atoms with Gasteiger partial charge in [0.2, 0.25) is 5.91 Å². The molecule has 1 aromatic carbocycles. The van der Waals surface area contributed by atoms with E-state index >= 15 is 0 Å². The third-order valence-electron chi connectivity index (χ3n) is 5.51. The molecule has 0 saturated heterocycles. The van der Waals surface area contributed by atoms with Crippen LogP contribution in [-0.2, 0) is 4.79 Å². The zero-order valence-electron chi connectivity index (χ0n) is 17.0. The number of benzene rings is 1. The Hall–Kier alpha value is -3.00. The number of aromatic nitrogens is 2. The first-order valence-electron chi connectivity index (χ1n) is 10.1. The summed E-state index contributed by atoms with van der Waals surface area (Å²) in [5.41, 5.74) is 1.88. The topological polar surface area (TPSA) is 93.1 Å². The van der Waals surface area contributed by atoms with Gasteiger partial charge in [-0.05, 0) is 49.6 Å². The second-order valence-corrected chi connectivity index (χ2v) is 8.70. The van der Waals surface area contributed by atoms with Gasteiger partial charge in [-0.25, -0.2) is 4.98 Å². The maximum absolute atomic E-state index is 13.1. The van der Waals surface area contributed by atoms with E-state index in [-0.39, 0.29) is 23.4 Å². The Balaban J connectivity index is 1.60. The van der Waals surface area contributed by atoms with E-state index in [0.717, 1.165) is 25.7 Å². The van der Waals surface area contributed by atoms with Crippen molar-refractivity contribution in [2.45, 2.75) is 52.0 Å². The summed E-state index contributed by atoms with van der Waals surface area (Å²) in [5, 5.41) is 6.09. The molecule has 0 spiro atoms. The Morgan fingerprint density at radius 2 is 1.70 bits per heavy atom. The summed E-state index contributed by atoms with van der Waals surface area (Å²) < 4.78 is 1.75. The van der Waals surface area contributed by atoms with Gasteiger partial charge in [0.25, 0.3) is 11.5 Å². The Morgan fingerprint density at radius 1 is 1.07 bits per heavy atom. The van der Waals surface area contributed by atoms with Crippen molar-refractivity contribution < 1.29 is 9.59 Å². The van der Waals surface area contributed by atoms with Crippen LogP contribution in [0.15, 0.2) is 35.4 Å². The van der Waals surface area contributed by atoms with Crippen LogP contribution in [-0.4, -0.2) is 21.4 Å². The van der Waals surface area contributed by atoms with Crippen molar-refractivity contribution in [3.8, 4) is 0 Å². The number of anilines is 2. The van der Waals surface area contributed by atoms with E-state index in [0.29, 0.717) is 32.0 Å². The highest BCUT2D eigenvalue weighted by atomic mass is 32.1. The summed E-state index contributed by atoms with van der Waals surface area (Å²) in [6.45, 7) is 3.25. The van der Waals surface area contributed by atoms with Gasteiger partial charge in [0.05, 0.1) is 16.6 Å². The molecule has 2 N–H and O–H groups in total. The van der Waals surface area contributed by atoms with Gasteiger partial charge in [0.1, 0.15) is 4.83 Å². The van der Waals surface area contributed by atoms with Gasteiger partial charge in [-0.2, -0.15) is 0 Å². The quantitative estimate of drug-likeness (QED) is 0.646. The lowest BCUT2D eigenvalue weighted by Gasteiger charge is -2.23. The molecule has 0 unspecified atom stereocenters. The standard InChI is InChI=1S/C22H24N4O3S/c1-13-18-21(23-12-26(22(18)29)17-6-4-3-5-7-17)30-19(13)20(28)25-16-10-8-15(9-11-16)24-14(2)27/h8-12,17H,3-7H2,1-2H3,(H,24,27)(H,25,28). The average Bonchev–Trinajstić information content (AvgIpc) is 3.07. The normalized spacial score (nSPS) is 14.6.